The van der Waals surface area contributed by atoms with E-state index in [1.807, 2.05) is 0 Å². The number of nitriles is 1. The molecule has 0 aliphatic heterocycles. The van der Waals surface area contributed by atoms with Crippen molar-refractivity contribution in [3.63, 3.8) is 0 Å². The lowest BCUT2D eigenvalue weighted by Gasteiger charge is -2.12. The number of thiophene rings is 1. The molecule has 1 heterocycles. The molecule has 102 valence electrons. The van der Waals surface area contributed by atoms with Crippen molar-refractivity contribution in [2.24, 2.45) is 11.8 Å². The highest BCUT2D eigenvalue weighted by Crippen LogP contribution is 2.50. The quantitative estimate of drug-likeness (QED) is 0.875. The van der Waals surface area contributed by atoms with Crippen molar-refractivity contribution in [1.29, 1.82) is 5.26 Å². The first-order valence-electron chi connectivity index (χ1n) is 7.25. The van der Waals surface area contributed by atoms with Crippen LogP contribution in [0.25, 0.3) is 0 Å². The van der Waals surface area contributed by atoms with Crippen LogP contribution in [0.5, 0.6) is 0 Å². The van der Waals surface area contributed by atoms with Crippen molar-refractivity contribution in [2.45, 2.75) is 44.9 Å². The summed E-state index contributed by atoms with van der Waals surface area (Å²) in [6.45, 7) is 3.38. The number of nitrogens with one attached hydrogen (secondary N) is 1. The molecule has 3 nitrogen and oxygen atoms in total. The zero-order chi connectivity index (χ0) is 13.4. The second kappa shape index (κ2) is 5.05. The monoisotopic (exact) mass is 275 g/mol. The molecule has 3 N–H and O–H groups in total. The molecule has 0 aromatic carbocycles. The minimum Gasteiger partial charge on any atom is -0.397 e. The van der Waals surface area contributed by atoms with Crippen LogP contribution in [0.2, 0.25) is 0 Å². The van der Waals surface area contributed by atoms with Crippen LogP contribution in [0.1, 0.15) is 55.4 Å². The molecule has 4 heteroatoms. The van der Waals surface area contributed by atoms with Gasteiger partial charge in [-0.2, -0.15) is 5.26 Å². The van der Waals surface area contributed by atoms with E-state index in [9.17, 15) is 0 Å². The molecule has 3 rings (SSSR count). The van der Waals surface area contributed by atoms with E-state index in [-0.39, 0.29) is 0 Å². The highest BCUT2D eigenvalue weighted by Gasteiger charge is 2.32. The van der Waals surface area contributed by atoms with Gasteiger partial charge in [-0.15, -0.1) is 11.3 Å². The van der Waals surface area contributed by atoms with Crippen LogP contribution in [0.3, 0.4) is 0 Å². The molecule has 1 aromatic heterocycles. The van der Waals surface area contributed by atoms with Gasteiger partial charge in [-0.25, -0.2) is 0 Å². The maximum atomic E-state index is 9.13. The van der Waals surface area contributed by atoms with Gasteiger partial charge in [0.2, 0.25) is 0 Å². The summed E-state index contributed by atoms with van der Waals surface area (Å²) in [5.74, 6) is 2.26. The minimum atomic E-state index is 0.600. The van der Waals surface area contributed by atoms with Crippen molar-refractivity contribution in [2.75, 3.05) is 17.6 Å². The van der Waals surface area contributed by atoms with E-state index < -0.39 is 0 Å². The fourth-order valence-electron chi connectivity index (χ4n) is 3.20. The highest BCUT2D eigenvalue weighted by molar-refractivity contribution is 7.17. The first-order valence-corrected chi connectivity index (χ1v) is 8.06. The van der Waals surface area contributed by atoms with Gasteiger partial charge in [0.1, 0.15) is 10.9 Å². The van der Waals surface area contributed by atoms with E-state index in [1.165, 1.54) is 37.7 Å². The van der Waals surface area contributed by atoms with Crippen LogP contribution in [-0.2, 0) is 0 Å². The summed E-state index contributed by atoms with van der Waals surface area (Å²) in [5.41, 5.74) is 8.07. The van der Waals surface area contributed by atoms with E-state index in [4.69, 9.17) is 11.0 Å². The lowest BCUT2D eigenvalue weighted by atomic mass is 10.1. The van der Waals surface area contributed by atoms with Crippen molar-refractivity contribution in [1.82, 2.24) is 0 Å². The van der Waals surface area contributed by atoms with Gasteiger partial charge in [0.05, 0.1) is 10.7 Å². The Labute approximate surface area is 118 Å². The molecule has 1 aromatic rings. The fraction of sp³-hybridized carbons (Fsp3) is 0.667. The third kappa shape index (κ3) is 2.57. The Bertz CT molecular complexity index is 510. The summed E-state index contributed by atoms with van der Waals surface area (Å²) in [7, 11) is 0. The first-order chi connectivity index (χ1) is 9.19. The Hall–Kier alpha value is -1.21. The molecule has 19 heavy (non-hydrogen) atoms. The standard InChI is InChI=1S/C15H21N3S/c1-9-2-3-10(6-9)8-18-15-13(11-4-5-11)14(17)12(7-16)19-15/h9-11,18H,2-6,8,17H2,1H3. The number of nitrogens with two attached hydrogens (primary N) is 1. The Morgan fingerprint density at radius 3 is 2.74 bits per heavy atom. The van der Waals surface area contributed by atoms with Gasteiger partial charge in [0, 0.05) is 12.1 Å². The van der Waals surface area contributed by atoms with Gasteiger partial charge in [0.15, 0.2) is 0 Å². The van der Waals surface area contributed by atoms with Crippen LogP contribution >= 0.6 is 11.3 Å². The summed E-state index contributed by atoms with van der Waals surface area (Å²) in [4.78, 5) is 0.684. The molecule has 0 spiro atoms. The van der Waals surface area contributed by atoms with E-state index in [2.05, 4.69) is 18.3 Å². The summed E-state index contributed by atoms with van der Waals surface area (Å²) in [6, 6.07) is 2.23. The second-order valence-electron chi connectivity index (χ2n) is 6.14. The normalized spacial score (nSPS) is 26.3. The molecule has 2 aliphatic carbocycles. The molecular weight excluding hydrogens is 254 g/mol. The van der Waals surface area contributed by atoms with Crippen LogP contribution in [0.4, 0.5) is 10.7 Å². The van der Waals surface area contributed by atoms with Gasteiger partial charge in [-0.05, 0) is 43.4 Å². The van der Waals surface area contributed by atoms with Gasteiger partial charge in [-0.3, -0.25) is 0 Å². The lowest BCUT2D eigenvalue weighted by molar-refractivity contribution is 0.537. The number of hydrogen-bond acceptors (Lipinski definition) is 4. The maximum absolute atomic E-state index is 9.13. The number of nitrogen functional groups attached to an aromatic ring is 1. The molecule has 2 unspecified atom stereocenters. The Morgan fingerprint density at radius 1 is 1.37 bits per heavy atom. The molecule has 2 aliphatic rings. The van der Waals surface area contributed by atoms with Gasteiger partial charge in [0.25, 0.3) is 0 Å². The van der Waals surface area contributed by atoms with Crippen LogP contribution in [-0.4, -0.2) is 6.54 Å². The average molecular weight is 275 g/mol. The molecule has 0 bridgehead atoms. The summed E-state index contributed by atoms with van der Waals surface area (Å²) in [5, 5.41) is 13.9. The highest BCUT2D eigenvalue weighted by atomic mass is 32.1. The average Bonchev–Trinajstić information content (AvgIpc) is 3.06. The number of rotatable bonds is 4. The molecule has 2 saturated carbocycles. The minimum absolute atomic E-state index is 0.600. The van der Waals surface area contributed by atoms with Crippen LogP contribution in [0, 0.1) is 23.2 Å². The smallest absolute Gasteiger partial charge is 0.130 e. The lowest BCUT2D eigenvalue weighted by Crippen LogP contribution is -2.11. The molecule has 0 radical (unpaired) electrons. The van der Waals surface area contributed by atoms with E-state index >= 15 is 0 Å². The predicted molar refractivity (Wildman–Crippen MR) is 80.4 cm³/mol. The summed E-state index contributed by atoms with van der Waals surface area (Å²) >= 11 is 1.54. The summed E-state index contributed by atoms with van der Waals surface area (Å²) < 4.78 is 0. The maximum Gasteiger partial charge on any atom is 0.130 e. The topological polar surface area (TPSA) is 61.8 Å². The van der Waals surface area contributed by atoms with Gasteiger partial charge >= 0.3 is 0 Å². The molecule has 2 fully saturated rings. The fourth-order valence-corrected chi connectivity index (χ4v) is 4.21. The molecule has 0 saturated heterocycles. The zero-order valence-corrected chi connectivity index (χ0v) is 12.2. The molecular formula is C15H21N3S. The number of nitrogens with zero attached hydrogens (tertiary/aromatic N) is 1. The second-order valence-corrected chi connectivity index (χ2v) is 7.16. The first kappa shape index (κ1) is 12.8. The third-order valence-corrected chi connectivity index (χ3v) is 5.51. The summed E-state index contributed by atoms with van der Waals surface area (Å²) in [6.07, 6.45) is 6.47. The van der Waals surface area contributed by atoms with Crippen molar-refractivity contribution in [3.8, 4) is 6.07 Å². The van der Waals surface area contributed by atoms with Gasteiger partial charge in [-0.1, -0.05) is 13.3 Å². The number of hydrogen-bond donors (Lipinski definition) is 2. The van der Waals surface area contributed by atoms with Crippen LogP contribution in [0.15, 0.2) is 0 Å². The van der Waals surface area contributed by atoms with Crippen molar-refractivity contribution >= 4 is 22.0 Å². The Kier molecular flexibility index (Phi) is 3.40. The van der Waals surface area contributed by atoms with Crippen molar-refractivity contribution in [3.05, 3.63) is 10.4 Å². The van der Waals surface area contributed by atoms with Crippen molar-refractivity contribution < 1.29 is 0 Å². The number of anilines is 2. The Balaban J connectivity index is 1.71. The molecule has 0 amide bonds. The Morgan fingerprint density at radius 2 is 2.16 bits per heavy atom. The van der Waals surface area contributed by atoms with E-state index in [0.29, 0.717) is 10.8 Å². The third-order valence-electron chi connectivity index (χ3n) is 4.43. The van der Waals surface area contributed by atoms with Crippen LogP contribution < -0.4 is 11.1 Å². The van der Waals surface area contributed by atoms with E-state index in [0.717, 1.165) is 29.1 Å². The van der Waals surface area contributed by atoms with Gasteiger partial charge < -0.3 is 11.1 Å². The molecule has 2 atom stereocenters. The zero-order valence-electron chi connectivity index (χ0n) is 11.4. The van der Waals surface area contributed by atoms with E-state index in [1.54, 1.807) is 11.3 Å². The SMILES string of the molecule is CC1CCC(CNc2sc(C#N)c(N)c2C2CC2)C1. The largest absolute Gasteiger partial charge is 0.397 e. The predicted octanol–water partition coefficient (Wildman–Crippen LogP) is 3.93.